The van der Waals surface area contributed by atoms with Gasteiger partial charge >= 0.3 is 0 Å². The average molecular weight is 227 g/mol. The van der Waals surface area contributed by atoms with Gasteiger partial charge in [0.2, 0.25) is 0 Å². The van der Waals surface area contributed by atoms with Gasteiger partial charge in [-0.2, -0.15) is 0 Å². The molecule has 0 saturated heterocycles. The maximum Gasteiger partial charge on any atom is 0.127 e. The molecule has 1 aromatic rings. The number of aliphatic hydroxyl groups is 1. The van der Waals surface area contributed by atoms with E-state index >= 15 is 0 Å². The normalized spacial score (nSPS) is 12.7. The van der Waals surface area contributed by atoms with Crippen molar-refractivity contribution in [1.82, 2.24) is 4.98 Å². The third kappa shape index (κ3) is 4.53. The molecule has 0 aliphatic heterocycles. The van der Waals surface area contributed by atoms with Crippen LogP contribution < -0.4 is 0 Å². The molecule has 4 heteroatoms. The van der Waals surface area contributed by atoms with Crippen molar-refractivity contribution in [2.24, 2.45) is 0 Å². The first-order valence-corrected chi connectivity index (χ1v) is 6.48. The number of aryl methyl sites for hydroxylation is 1. The third-order valence-electron chi connectivity index (χ3n) is 2.11. The van der Waals surface area contributed by atoms with Gasteiger partial charge in [-0.25, -0.2) is 4.98 Å². The second-order valence-electron chi connectivity index (χ2n) is 3.51. The molecular formula is C11H17NO2S. The Bertz CT molecular complexity index is 311. The van der Waals surface area contributed by atoms with Crippen molar-refractivity contribution in [2.75, 3.05) is 12.4 Å². The van der Waals surface area contributed by atoms with E-state index in [0.29, 0.717) is 10.8 Å². The molecule has 15 heavy (non-hydrogen) atoms. The SMILES string of the molecule is Cc1ccc(S(=O)CCCCCO)nc1. The maximum absolute atomic E-state index is 11.7. The number of unbranched alkanes of at least 4 members (excludes halogenated alkanes) is 2. The molecular weight excluding hydrogens is 210 g/mol. The van der Waals surface area contributed by atoms with E-state index in [4.69, 9.17) is 5.11 Å². The van der Waals surface area contributed by atoms with Crippen LogP contribution in [-0.2, 0) is 10.8 Å². The Morgan fingerprint density at radius 1 is 1.33 bits per heavy atom. The molecule has 1 atom stereocenters. The molecule has 0 aliphatic rings. The molecule has 0 fully saturated rings. The zero-order valence-electron chi connectivity index (χ0n) is 8.98. The van der Waals surface area contributed by atoms with Gasteiger partial charge in [0.1, 0.15) is 5.03 Å². The summed E-state index contributed by atoms with van der Waals surface area (Å²) >= 11 is 0. The first-order chi connectivity index (χ1) is 7.24. The van der Waals surface area contributed by atoms with Crippen molar-refractivity contribution in [3.8, 4) is 0 Å². The van der Waals surface area contributed by atoms with Crippen LogP contribution in [0.3, 0.4) is 0 Å². The molecule has 1 heterocycles. The lowest BCUT2D eigenvalue weighted by Gasteiger charge is -2.01. The van der Waals surface area contributed by atoms with Gasteiger partial charge in [0, 0.05) is 18.6 Å². The van der Waals surface area contributed by atoms with Gasteiger partial charge in [-0.15, -0.1) is 0 Å². The molecule has 0 aliphatic carbocycles. The Kier molecular flexibility index (Phi) is 5.50. The Morgan fingerprint density at radius 2 is 2.13 bits per heavy atom. The minimum atomic E-state index is -0.988. The Labute approximate surface area is 93.0 Å². The number of aromatic nitrogens is 1. The molecule has 1 N–H and O–H groups in total. The highest BCUT2D eigenvalue weighted by atomic mass is 32.2. The molecule has 0 bridgehead atoms. The summed E-state index contributed by atoms with van der Waals surface area (Å²) in [7, 11) is -0.988. The van der Waals surface area contributed by atoms with Crippen molar-refractivity contribution < 1.29 is 9.32 Å². The minimum Gasteiger partial charge on any atom is -0.396 e. The predicted molar refractivity (Wildman–Crippen MR) is 61.2 cm³/mol. The van der Waals surface area contributed by atoms with Crippen LogP contribution in [0.15, 0.2) is 23.4 Å². The van der Waals surface area contributed by atoms with Gasteiger partial charge in [0.25, 0.3) is 0 Å². The van der Waals surface area contributed by atoms with E-state index in [-0.39, 0.29) is 6.61 Å². The average Bonchev–Trinajstić information content (AvgIpc) is 2.25. The highest BCUT2D eigenvalue weighted by Gasteiger charge is 2.04. The molecule has 1 rings (SSSR count). The summed E-state index contributed by atoms with van der Waals surface area (Å²) < 4.78 is 11.7. The van der Waals surface area contributed by atoms with Gasteiger partial charge in [0.15, 0.2) is 0 Å². The highest BCUT2D eigenvalue weighted by molar-refractivity contribution is 7.84. The Morgan fingerprint density at radius 3 is 2.73 bits per heavy atom. The number of hydrogen-bond donors (Lipinski definition) is 1. The first kappa shape index (κ1) is 12.3. The van der Waals surface area contributed by atoms with Crippen molar-refractivity contribution in [2.45, 2.75) is 31.2 Å². The molecule has 0 aromatic carbocycles. The molecule has 0 radical (unpaired) electrons. The van der Waals surface area contributed by atoms with Crippen LogP contribution in [-0.4, -0.2) is 26.7 Å². The van der Waals surface area contributed by atoms with Crippen LogP contribution >= 0.6 is 0 Å². The summed E-state index contributed by atoms with van der Waals surface area (Å²) in [6.45, 7) is 2.18. The van der Waals surface area contributed by atoms with Gasteiger partial charge in [0.05, 0.1) is 10.8 Å². The quantitative estimate of drug-likeness (QED) is 0.752. The molecule has 3 nitrogen and oxygen atoms in total. The summed E-state index contributed by atoms with van der Waals surface area (Å²) in [5.74, 6) is 0.635. The minimum absolute atomic E-state index is 0.218. The van der Waals surface area contributed by atoms with Crippen LogP contribution in [0, 0.1) is 6.92 Å². The standard InChI is InChI=1S/C11H17NO2S/c1-10-5-6-11(12-9-10)15(14)8-4-2-3-7-13/h5-6,9,13H,2-4,7-8H2,1H3. The van der Waals surface area contributed by atoms with E-state index in [1.165, 1.54) is 0 Å². The Balaban J connectivity index is 2.37. The highest BCUT2D eigenvalue weighted by Crippen LogP contribution is 2.06. The molecule has 0 amide bonds. The summed E-state index contributed by atoms with van der Waals surface area (Å²) in [6.07, 6.45) is 4.33. The second kappa shape index (κ2) is 6.69. The van der Waals surface area contributed by atoms with E-state index in [0.717, 1.165) is 24.8 Å². The third-order valence-corrected chi connectivity index (χ3v) is 3.47. The summed E-state index contributed by atoms with van der Waals surface area (Å²) in [5.41, 5.74) is 1.08. The van der Waals surface area contributed by atoms with Crippen LogP contribution in [0.4, 0.5) is 0 Å². The van der Waals surface area contributed by atoms with E-state index in [1.807, 2.05) is 19.1 Å². The van der Waals surface area contributed by atoms with Crippen LogP contribution in [0.25, 0.3) is 0 Å². The Hall–Kier alpha value is -0.740. The smallest absolute Gasteiger partial charge is 0.127 e. The van der Waals surface area contributed by atoms with E-state index in [9.17, 15) is 4.21 Å². The topological polar surface area (TPSA) is 50.2 Å². The van der Waals surface area contributed by atoms with Crippen LogP contribution in [0.2, 0.25) is 0 Å². The van der Waals surface area contributed by atoms with E-state index < -0.39 is 10.8 Å². The molecule has 0 saturated carbocycles. The fourth-order valence-corrected chi connectivity index (χ4v) is 2.28. The zero-order valence-corrected chi connectivity index (χ0v) is 9.80. The summed E-state index contributed by atoms with van der Waals surface area (Å²) in [6, 6.07) is 3.74. The zero-order chi connectivity index (χ0) is 11.1. The lowest BCUT2D eigenvalue weighted by Crippen LogP contribution is -2.01. The number of aliphatic hydroxyl groups excluding tert-OH is 1. The van der Waals surface area contributed by atoms with Crippen LogP contribution in [0.1, 0.15) is 24.8 Å². The van der Waals surface area contributed by atoms with Gasteiger partial charge in [-0.05, 0) is 31.4 Å². The van der Waals surface area contributed by atoms with Crippen molar-refractivity contribution in [1.29, 1.82) is 0 Å². The lowest BCUT2D eigenvalue weighted by molar-refractivity contribution is 0.284. The maximum atomic E-state index is 11.7. The van der Waals surface area contributed by atoms with Crippen molar-refractivity contribution in [3.05, 3.63) is 23.9 Å². The second-order valence-corrected chi connectivity index (χ2v) is 5.03. The molecule has 1 unspecified atom stereocenters. The number of rotatable bonds is 6. The first-order valence-electron chi connectivity index (χ1n) is 5.16. The molecule has 0 spiro atoms. The van der Waals surface area contributed by atoms with Gasteiger partial charge in [-0.1, -0.05) is 12.5 Å². The summed E-state index contributed by atoms with van der Waals surface area (Å²) in [5, 5.41) is 9.25. The van der Waals surface area contributed by atoms with Crippen molar-refractivity contribution in [3.63, 3.8) is 0 Å². The van der Waals surface area contributed by atoms with Crippen LogP contribution in [0.5, 0.6) is 0 Å². The van der Waals surface area contributed by atoms with Crippen molar-refractivity contribution >= 4 is 10.8 Å². The number of nitrogens with zero attached hydrogens (tertiary/aromatic N) is 1. The fraction of sp³-hybridized carbons (Fsp3) is 0.545. The largest absolute Gasteiger partial charge is 0.396 e. The number of hydrogen-bond acceptors (Lipinski definition) is 3. The fourth-order valence-electron chi connectivity index (χ4n) is 1.22. The van der Waals surface area contributed by atoms with E-state index in [1.54, 1.807) is 6.20 Å². The monoisotopic (exact) mass is 227 g/mol. The summed E-state index contributed by atoms with van der Waals surface area (Å²) in [4.78, 5) is 4.13. The number of pyridine rings is 1. The van der Waals surface area contributed by atoms with E-state index in [2.05, 4.69) is 4.98 Å². The van der Waals surface area contributed by atoms with Gasteiger partial charge < -0.3 is 5.11 Å². The van der Waals surface area contributed by atoms with Gasteiger partial charge in [-0.3, -0.25) is 4.21 Å². The predicted octanol–water partition coefficient (Wildman–Crippen LogP) is 1.66. The molecule has 1 aromatic heterocycles. The lowest BCUT2D eigenvalue weighted by atomic mass is 10.3. The molecule has 84 valence electrons.